The van der Waals surface area contributed by atoms with Crippen LogP contribution in [0.3, 0.4) is 0 Å². The maximum Gasteiger partial charge on any atom is 0.0949 e. The molecule has 1 N–H and O–H groups in total. The number of nitrogens with zero attached hydrogens (tertiary/aromatic N) is 1. The number of rotatable bonds is 6. The van der Waals surface area contributed by atoms with Gasteiger partial charge in [-0.05, 0) is 57.0 Å². The van der Waals surface area contributed by atoms with Gasteiger partial charge in [0, 0.05) is 21.8 Å². The molecule has 0 aliphatic heterocycles. The van der Waals surface area contributed by atoms with Crippen molar-refractivity contribution < 1.29 is 0 Å². The number of hydrogen-bond acceptors (Lipinski definition) is 3. The Kier molecular flexibility index (Phi) is 5.97. The number of aromatic nitrogens is 1. The third-order valence-electron chi connectivity index (χ3n) is 3.70. The SMILES string of the molecule is CCCNC(Cc1nc(C)c(C)s1)c1ccc(Br)cc1C. The zero-order valence-corrected chi connectivity index (χ0v) is 15.6. The Hall–Kier alpha value is -0.710. The fourth-order valence-electron chi connectivity index (χ4n) is 2.44. The fourth-order valence-corrected chi connectivity index (χ4v) is 3.90. The summed E-state index contributed by atoms with van der Waals surface area (Å²) in [7, 11) is 0. The molecule has 0 aliphatic rings. The van der Waals surface area contributed by atoms with Crippen molar-refractivity contribution in [3.05, 3.63) is 49.4 Å². The molecule has 1 atom stereocenters. The van der Waals surface area contributed by atoms with Crippen molar-refractivity contribution >= 4 is 27.3 Å². The highest BCUT2D eigenvalue weighted by atomic mass is 79.9. The number of benzene rings is 1. The van der Waals surface area contributed by atoms with Gasteiger partial charge in [0.15, 0.2) is 0 Å². The molecule has 0 saturated heterocycles. The minimum Gasteiger partial charge on any atom is -0.310 e. The summed E-state index contributed by atoms with van der Waals surface area (Å²) in [6.07, 6.45) is 2.10. The second-order valence-electron chi connectivity index (χ2n) is 5.46. The van der Waals surface area contributed by atoms with Crippen molar-refractivity contribution in [3.63, 3.8) is 0 Å². The van der Waals surface area contributed by atoms with Crippen molar-refractivity contribution in [2.45, 2.75) is 46.6 Å². The van der Waals surface area contributed by atoms with E-state index in [4.69, 9.17) is 4.98 Å². The molecule has 114 valence electrons. The molecule has 1 aromatic heterocycles. The Morgan fingerprint density at radius 3 is 2.62 bits per heavy atom. The first-order valence-electron chi connectivity index (χ1n) is 7.43. The van der Waals surface area contributed by atoms with E-state index in [2.05, 4.69) is 67.1 Å². The lowest BCUT2D eigenvalue weighted by atomic mass is 9.99. The molecule has 2 rings (SSSR count). The van der Waals surface area contributed by atoms with Crippen LogP contribution in [0.2, 0.25) is 0 Å². The van der Waals surface area contributed by atoms with Gasteiger partial charge in [-0.15, -0.1) is 11.3 Å². The molecule has 0 bridgehead atoms. The summed E-state index contributed by atoms with van der Waals surface area (Å²) in [6.45, 7) is 9.66. The summed E-state index contributed by atoms with van der Waals surface area (Å²) >= 11 is 5.37. The monoisotopic (exact) mass is 366 g/mol. The Labute approximate surface area is 140 Å². The number of thiazole rings is 1. The van der Waals surface area contributed by atoms with Gasteiger partial charge in [-0.25, -0.2) is 4.98 Å². The van der Waals surface area contributed by atoms with Crippen LogP contribution in [0.25, 0.3) is 0 Å². The zero-order valence-electron chi connectivity index (χ0n) is 13.2. The Balaban J connectivity index is 2.24. The molecule has 0 radical (unpaired) electrons. The van der Waals surface area contributed by atoms with E-state index in [0.717, 1.165) is 29.6 Å². The second kappa shape index (κ2) is 7.52. The Morgan fingerprint density at radius 2 is 2.05 bits per heavy atom. The first-order chi connectivity index (χ1) is 10.0. The van der Waals surface area contributed by atoms with E-state index in [1.165, 1.54) is 21.0 Å². The predicted octanol–water partition coefficient (Wildman–Crippen LogP) is 5.11. The predicted molar refractivity (Wildman–Crippen MR) is 95.2 cm³/mol. The van der Waals surface area contributed by atoms with Crippen molar-refractivity contribution in [2.24, 2.45) is 0 Å². The van der Waals surface area contributed by atoms with E-state index in [1.54, 1.807) is 0 Å². The first-order valence-corrected chi connectivity index (χ1v) is 9.04. The van der Waals surface area contributed by atoms with Crippen molar-refractivity contribution in [1.29, 1.82) is 0 Å². The van der Waals surface area contributed by atoms with Crippen LogP contribution >= 0.6 is 27.3 Å². The van der Waals surface area contributed by atoms with Gasteiger partial charge in [-0.3, -0.25) is 0 Å². The molecule has 1 heterocycles. The van der Waals surface area contributed by atoms with E-state index >= 15 is 0 Å². The molecule has 1 aromatic carbocycles. The summed E-state index contributed by atoms with van der Waals surface area (Å²) in [5.41, 5.74) is 3.86. The number of hydrogen-bond donors (Lipinski definition) is 1. The van der Waals surface area contributed by atoms with Crippen LogP contribution < -0.4 is 5.32 Å². The van der Waals surface area contributed by atoms with Gasteiger partial charge in [0.25, 0.3) is 0 Å². The molecular weight excluding hydrogens is 344 g/mol. The van der Waals surface area contributed by atoms with Crippen LogP contribution in [0, 0.1) is 20.8 Å². The van der Waals surface area contributed by atoms with Gasteiger partial charge in [-0.2, -0.15) is 0 Å². The molecule has 0 amide bonds. The van der Waals surface area contributed by atoms with Crippen LogP contribution in [-0.2, 0) is 6.42 Å². The van der Waals surface area contributed by atoms with E-state index in [-0.39, 0.29) is 0 Å². The lowest BCUT2D eigenvalue weighted by Gasteiger charge is -2.20. The van der Waals surface area contributed by atoms with Gasteiger partial charge in [0.2, 0.25) is 0 Å². The maximum atomic E-state index is 4.70. The standard InChI is InChI=1S/C17H23BrN2S/c1-5-8-19-16(10-17-20-12(3)13(4)21-17)15-7-6-14(18)9-11(15)2/h6-7,9,16,19H,5,8,10H2,1-4H3. The molecule has 0 fully saturated rings. The average molecular weight is 367 g/mol. The molecule has 0 spiro atoms. The summed E-state index contributed by atoms with van der Waals surface area (Å²) in [4.78, 5) is 6.03. The van der Waals surface area contributed by atoms with Gasteiger partial charge in [0.05, 0.1) is 10.7 Å². The highest BCUT2D eigenvalue weighted by molar-refractivity contribution is 9.10. The zero-order chi connectivity index (χ0) is 15.4. The summed E-state index contributed by atoms with van der Waals surface area (Å²) in [5, 5.41) is 4.90. The molecule has 0 aliphatic carbocycles. The van der Waals surface area contributed by atoms with E-state index < -0.39 is 0 Å². The topological polar surface area (TPSA) is 24.9 Å². The summed E-state index contributed by atoms with van der Waals surface area (Å²) in [5.74, 6) is 0. The Bertz CT molecular complexity index is 587. The van der Waals surface area contributed by atoms with Crippen LogP contribution in [0.15, 0.2) is 22.7 Å². The lowest BCUT2D eigenvalue weighted by Crippen LogP contribution is -2.24. The summed E-state index contributed by atoms with van der Waals surface area (Å²) in [6, 6.07) is 6.87. The third kappa shape index (κ3) is 4.38. The average Bonchev–Trinajstić information content (AvgIpc) is 2.74. The molecule has 4 heteroatoms. The van der Waals surface area contributed by atoms with Crippen LogP contribution in [-0.4, -0.2) is 11.5 Å². The number of halogens is 1. The normalized spacial score (nSPS) is 12.6. The van der Waals surface area contributed by atoms with Crippen LogP contribution in [0.1, 0.15) is 46.1 Å². The minimum absolute atomic E-state index is 0.336. The van der Waals surface area contributed by atoms with Gasteiger partial charge < -0.3 is 5.32 Å². The number of nitrogens with one attached hydrogen (secondary N) is 1. The fraction of sp³-hybridized carbons (Fsp3) is 0.471. The number of aryl methyl sites for hydroxylation is 3. The second-order valence-corrected chi connectivity index (χ2v) is 7.66. The first kappa shape index (κ1) is 16.7. The van der Waals surface area contributed by atoms with Gasteiger partial charge >= 0.3 is 0 Å². The lowest BCUT2D eigenvalue weighted by molar-refractivity contribution is 0.526. The van der Waals surface area contributed by atoms with Gasteiger partial charge in [-0.1, -0.05) is 28.9 Å². The Morgan fingerprint density at radius 1 is 1.29 bits per heavy atom. The molecule has 1 unspecified atom stereocenters. The highest BCUT2D eigenvalue weighted by Gasteiger charge is 2.16. The molecule has 0 saturated carbocycles. The van der Waals surface area contributed by atoms with Crippen molar-refractivity contribution in [1.82, 2.24) is 10.3 Å². The molecule has 2 nitrogen and oxygen atoms in total. The highest BCUT2D eigenvalue weighted by Crippen LogP contribution is 2.27. The van der Waals surface area contributed by atoms with E-state index in [0.29, 0.717) is 6.04 Å². The molecule has 21 heavy (non-hydrogen) atoms. The third-order valence-corrected chi connectivity index (χ3v) is 5.29. The molecular formula is C17H23BrN2S. The van der Waals surface area contributed by atoms with Crippen LogP contribution in [0.4, 0.5) is 0 Å². The van der Waals surface area contributed by atoms with E-state index in [1.807, 2.05) is 11.3 Å². The summed E-state index contributed by atoms with van der Waals surface area (Å²) < 4.78 is 1.14. The minimum atomic E-state index is 0.336. The molecule has 2 aromatic rings. The quantitative estimate of drug-likeness (QED) is 0.767. The largest absolute Gasteiger partial charge is 0.310 e. The van der Waals surface area contributed by atoms with Crippen LogP contribution in [0.5, 0.6) is 0 Å². The smallest absolute Gasteiger partial charge is 0.0949 e. The maximum absolute atomic E-state index is 4.70. The van der Waals surface area contributed by atoms with Gasteiger partial charge in [0.1, 0.15) is 0 Å². The van der Waals surface area contributed by atoms with Crippen molar-refractivity contribution in [2.75, 3.05) is 6.54 Å². The van der Waals surface area contributed by atoms with Crippen molar-refractivity contribution in [3.8, 4) is 0 Å². The van der Waals surface area contributed by atoms with E-state index in [9.17, 15) is 0 Å².